The number of hydrogen-bond acceptors (Lipinski definition) is 6. The Balaban J connectivity index is 4.32. The molecule has 0 radical (unpaired) electrons. The molecule has 0 saturated heterocycles. The van der Waals surface area contributed by atoms with Gasteiger partial charge in [0, 0.05) is 6.42 Å². The highest BCUT2D eigenvalue weighted by Crippen LogP contribution is 2.00. The number of aliphatic hydroxyl groups is 1. The molecule has 0 aromatic heterocycles. The van der Waals surface area contributed by atoms with E-state index >= 15 is 0 Å². The summed E-state index contributed by atoms with van der Waals surface area (Å²) in [6.45, 7) is 1.30. The molecule has 7 N–H and O–H groups in total. The summed E-state index contributed by atoms with van der Waals surface area (Å²) in [6, 6.07) is -2.39. The molecule has 0 unspecified atom stereocenters. The first-order chi connectivity index (χ1) is 7.27. The van der Waals surface area contributed by atoms with Gasteiger partial charge in [-0.15, -0.1) is 0 Å². The SMILES string of the molecule is C[C@@H](O)[C@H](N)C(=O)C(=O)[C@@H](N)CCC(N)=O. The van der Waals surface area contributed by atoms with Gasteiger partial charge in [-0.05, 0) is 13.3 Å². The van der Waals surface area contributed by atoms with Crippen molar-refractivity contribution in [2.75, 3.05) is 0 Å². The summed E-state index contributed by atoms with van der Waals surface area (Å²) >= 11 is 0. The first-order valence-electron chi connectivity index (χ1n) is 4.83. The van der Waals surface area contributed by atoms with E-state index in [4.69, 9.17) is 22.3 Å². The van der Waals surface area contributed by atoms with E-state index in [9.17, 15) is 14.4 Å². The number of primary amides is 1. The summed E-state index contributed by atoms with van der Waals surface area (Å²) in [5.74, 6) is -2.43. The number of carbonyl (C=O) groups is 3. The number of carbonyl (C=O) groups excluding carboxylic acids is 3. The molecule has 0 saturated carbocycles. The van der Waals surface area contributed by atoms with Gasteiger partial charge in [0.05, 0.1) is 18.2 Å². The van der Waals surface area contributed by atoms with Gasteiger partial charge in [0.25, 0.3) is 0 Å². The summed E-state index contributed by atoms with van der Waals surface area (Å²) in [5, 5.41) is 9.03. The summed E-state index contributed by atoms with van der Waals surface area (Å²) in [6.07, 6.45) is -1.21. The molecule has 0 aromatic carbocycles. The third-order valence-electron chi connectivity index (χ3n) is 2.10. The van der Waals surface area contributed by atoms with Crippen LogP contribution in [0.3, 0.4) is 0 Å². The van der Waals surface area contributed by atoms with Gasteiger partial charge in [-0.3, -0.25) is 14.4 Å². The van der Waals surface area contributed by atoms with Crippen molar-refractivity contribution in [3.05, 3.63) is 0 Å². The van der Waals surface area contributed by atoms with E-state index in [1.165, 1.54) is 6.92 Å². The molecule has 0 aromatic rings. The molecule has 0 rings (SSSR count). The highest BCUT2D eigenvalue weighted by molar-refractivity contribution is 6.41. The Kier molecular flexibility index (Phi) is 5.79. The third-order valence-corrected chi connectivity index (χ3v) is 2.10. The van der Waals surface area contributed by atoms with Crippen LogP contribution in [0.2, 0.25) is 0 Å². The van der Waals surface area contributed by atoms with Gasteiger partial charge in [-0.2, -0.15) is 0 Å². The van der Waals surface area contributed by atoms with Gasteiger partial charge in [-0.1, -0.05) is 0 Å². The lowest BCUT2D eigenvalue weighted by Gasteiger charge is -2.15. The molecule has 0 bridgehead atoms. The lowest BCUT2D eigenvalue weighted by atomic mass is 9.98. The fourth-order valence-corrected chi connectivity index (χ4v) is 0.995. The van der Waals surface area contributed by atoms with Crippen molar-refractivity contribution in [2.24, 2.45) is 17.2 Å². The largest absolute Gasteiger partial charge is 0.391 e. The minimum atomic E-state index is -1.29. The lowest BCUT2D eigenvalue weighted by molar-refractivity contribution is -0.139. The van der Waals surface area contributed by atoms with E-state index < -0.39 is 35.7 Å². The van der Waals surface area contributed by atoms with E-state index in [2.05, 4.69) is 0 Å². The molecule has 92 valence electrons. The van der Waals surface area contributed by atoms with Crippen LogP contribution in [0.5, 0.6) is 0 Å². The van der Waals surface area contributed by atoms with Gasteiger partial charge in [0.15, 0.2) is 0 Å². The molecular formula is C9H17N3O4. The number of hydrogen-bond donors (Lipinski definition) is 4. The Morgan fingerprint density at radius 1 is 1.19 bits per heavy atom. The van der Waals surface area contributed by atoms with Crippen LogP contribution in [0.1, 0.15) is 19.8 Å². The van der Waals surface area contributed by atoms with Gasteiger partial charge in [-0.25, -0.2) is 0 Å². The topological polar surface area (TPSA) is 150 Å². The quantitative estimate of drug-likeness (QED) is 0.353. The highest BCUT2D eigenvalue weighted by atomic mass is 16.3. The van der Waals surface area contributed by atoms with Crippen molar-refractivity contribution in [1.29, 1.82) is 0 Å². The van der Waals surface area contributed by atoms with E-state index in [0.29, 0.717) is 0 Å². The molecule has 0 spiro atoms. The Hall–Kier alpha value is -1.31. The van der Waals surface area contributed by atoms with Crippen LogP contribution in [0.25, 0.3) is 0 Å². The van der Waals surface area contributed by atoms with Gasteiger partial charge in [0.2, 0.25) is 17.5 Å². The number of amides is 1. The molecule has 7 nitrogen and oxygen atoms in total. The smallest absolute Gasteiger partial charge is 0.219 e. The zero-order chi connectivity index (χ0) is 12.9. The van der Waals surface area contributed by atoms with Crippen LogP contribution >= 0.6 is 0 Å². The molecule has 0 heterocycles. The number of nitrogens with two attached hydrogens (primary N) is 3. The maximum atomic E-state index is 11.4. The molecule has 0 fully saturated rings. The van der Waals surface area contributed by atoms with Gasteiger partial charge < -0.3 is 22.3 Å². The molecule has 16 heavy (non-hydrogen) atoms. The van der Waals surface area contributed by atoms with Crippen LogP contribution in [0.4, 0.5) is 0 Å². The molecule has 1 amide bonds. The maximum absolute atomic E-state index is 11.4. The molecular weight excluding hydrogens is 214 g/mol. The van der Waals surface area contributed by atoms with Crippen molar-refractivity contribution >= 4 is 17.5 Å². The van der Waals surface area contributed by atoms with Crippen molar-refractivity contribution in [1.82, 2.24) is 0 Å². The predicted molar refractivity (Wildman–Crippen MR) is 56.1 cm³/mol. The molecule has 7 heteroatoms. The van der Waals surface area contributed by atoms with Crippen molar-refractivity contribution in [3.8, 4) is 0 Å². The zero-order valence-corrected chi connectivity index (χ0v) is 9.05. The fraction of sp³-hybridized carbons (Fsp3) is 0.667. The maximum Gasteiger partial charge on any atom is 0.219 e. The zero-order valence-electron chi connectivity index (χ0n) is 9.05. The van der Waals surface area contributed by atoms with Crippen LogP contribution in [-0.2, 0) is 14.4 Å². The monoisotopic (exact) mass is 231 g/mol. The average molecular weight is 231 g/mol. The summed E-state index contributed by atoms with van der Waals surface area (Å²) in [4.78, 5) is 33.2. The second kappa shape index (κ2) is 6.31. The number of ketones is 2. The first kappa shape index (κ1) is 14.7. The average Bonchev–Trinajstić information content (AvgIpc) is 2.22. The summed E-state index contributed by atoms with van der Waals surface area (Å²) < 4.78 is 0. The van der Waals surface area contributed by atoms with Gasteiger partial charge >= 0.3 is 0 Å². The fourth-order valence-electron chi connectivity index (χ4n) is 0.995. The van der Waals surface area contributed by atoms with E-state index in [1.807, 2.05) is 0 Å². The minimum absolute atomic E-state index is 0.00750. The second-order valence-electron chi connectivity index (χ2n) is 3.61. The Morgan fingerprint density at radius 3 is 2.06 bits per heavy atom. The van der Waals surface area contributed by atoms with Gasteiger partial charge in [0.1, 0.15) is 0 Å². The molecule has 3 atom stereocenters. The Morgan fingerprint density at radius 2 is 1.69 bits per heavy atom. The molecule has 0 aliphatic heterocycles. The van der Waals surface area contributed by atoms with E-state index in [0.717, 1.165) is 0 Å². The predicted octanol–water partition coefficient (Wildman–Crippen LogP) is -2.57. The third kappa shape index (κ3) is 4.47. The Labute approximate surface area is 93.0 Å². The first-order valence-corrected chi connectivity index (χ1v) is 4.83. The van der Waals surface area contributed by atoms with E-state index in [-0.39, 0.29) is 12.8 Å². The lowest BCUT2D eigenvalue weighted by Crippen LogP contribution is -2.49. The second-order valence-corrected chi connectivity index (χ2v) is 3.61. The van der Waals surface area contributed by atoms with Crippen molar-refractivity contribution < 1.29 is 19.5 Å². The van der Waals surface area contributed by atoms with Crippen molar-refractivity contribution in [2.45, 2.75) is 38.0 Å². The number of Topliss-reactive ketones (excluding diaryl/α,β-unsaturated/α-hetero) is 2. The van der Waals surface area contributed by atoms with E-state index in [1.54, 1.807) is 0 Å². The normalized spacial score (nSPS) is 16.2. The van der Waals surface area contributed by atoms with Crippen LogP contribution < -0.4 is 17.2 Å². The van der Waals surface area contributed by atoms with Crippen LogP contribution in [0.15, 0.2) is 0 Å². The van der Waals surface area contributed by atoms with Crippen LogP contribution in [0, 0.1) is 0 Å². The Bertz CT molecular complexity index is 290. The molecule has 0 aliphatic carbocycles. The standard InChI is InChI=1S/C9H17N3O4/c1-4(13)7(12)9(16)8(15)5(10)2-3-6(11)14/h4-5,7,13H,2-3,10,12H2,1H3,(H2,11,14)/t4-,5+,7+/m1/s1. The minimum Gasteiger partial charge on any atom is -0.391 e. The summed E-state index contributed by atoms with van der Waals surface area (Å²) in [5.41, 5.74) is 15.5. The summed E-state index contributed by atoms with van der Waals surface area (Å²) in [7, 11) is 0. The number of aliphatic hydroxyl groups excluding tert-OH is 1. The molecule has 0 aliphatic rings. The number of rotatable bonds is 7. The van der Waals surface area contributed by atoms with Crippen molar-refractivity contribution in [3.63, 3.8) is 0 Å². The van der Waals surface area contributed by atoms with Crippen LogP contribution in [-0.4, -0.2) is 40.8 Å². The highest BCUT2D eigenvalue weighted by Gasteiger charge is 2.29.